The molecule has 0 spiro atoms. The van der Waals surface area contributed by atoms with Crippen molar-refractivity contribution in [1.29, 1.82) is 0 Å². The Kier molecular flexibility index (Phi) is 4.01. The van der Waals surface area contributed by atoms with E-state index in [1.54, 1.807) is 0 Å². The molecule has 5 rings (SSSR count). The monoisotopic (exact) mass is 455 g/mol. The van der Waals surface area contributed by atoms with Crippen molar-refractivity contribution in [3.05, 3.63) is 15.8 Å². The molecule has 8 heteroatoms. The van der Waals surface area contributed by atoms with Crippen LogP contribution in [0.15, 0.2) is 12.3 Å². The highest BCUT2D eigenvalue weighted by atomic mass is 127. The molecule has 2 aromatic rings. The van der Waals surface area contributed by atoms with Crippen molar-refractivity contribution < 1.29 is 9.47 Å². The summed E-state index contributed by atoms with van der Waals surface area (Å²) in [6.07, 6.45) is 4.93. The van der Waals surface area contributed by atoms with Gasteiger partial charge in [-0.1, -0.05) is 0 Å². The summed E-state index contributed by atoms with van der Waals surface area (Å²) >= 11 is 2.32. The Morgan fingerprint density at radius 3 is 2.80 bits per heavy atom. The van der Waals surface area contributed by atoms with Gasteiger partial charge in [0.1, 0.15) is 11.6 Å². The van der Waals surface area contributed by atoms with Gasteiger partial charge in [-0.05, 0) is 42.4 Å². The summed E-state index contributed by atoms with van der Waals surface area (Å²) in [7, 11) is 0. The first kappa shape index (κ1) is 16.1. The highest BCUT2D eigenvalue weighted by Gasteiger charge is 2.35. The molecule has 0 N–H and O–H groups in total. The van der Waals surface area contributed by atoms with E-state index in [0.717, 1.165) is 53.7 Å². The summed E-state index contributed by atoms with van der Waals surface area (Å²) in [5, 5.41) is 4.58. The number of anilines is 2. The normalized spacial score (nSPS) is 29.6. The van der Waals surface area contributed by atoms with Gasteiger partial charge >= 0.3 is 0 Å². The van der Waals surface area contributed by atoms with E-state index >= 15 is 0 Å². The molecule has 3 aliphatic rings. The zero-order valence-corrected chi connectivity index (χ0v) is 16.4. The molecule has 0 radical (unpaired) electrons. The second-order valence-electron chi connectivity index (χ2n) is 7.18. The molecule has 3 atom stereocenters. The molecule has 25 heavy (non-hydrogen) atoms. The Hall–Kier alpha value is -1.13. The van der Waals surface area contributed by atoms with E-state index in [-0.39, 0.29) is 0 Å². The minimum Gasteiger partial charge on any atom is -0.377 e. The molecule has 0 saturated carbocycles. The van der Waals surface area contributed by atoms with E-state index in [0.29, 0.717) is 18.2 Å². The van der Waals surface area contributed by atoms with E-state index in [9.17, 15) is 0 Å². The maximum Gasteiger partial charge on any atom is 0.173 e. The number of ether oxygens (including phenoxy) is 2. The molecular weight excluding hydrogens is 433 g/mol. The van der Waals surface area contributed by atoms with Crippen molar-refractivity contribution >= 4 is 39.9 Å². The molecule has 134 valence electrons. The number of hydrogen-bond acceptors (Lipinski definition) is 6. The van der Waals surface area contributed by atoms with Crippen LogP contribution in [0.3, 0.4) is 0 Å². The van der Waals surface area contributed by atoms with E-state index in [1.165, 1.54) is 12.8 Å². The summed E-state index contributed by atoms with van der Waals surface area (Å²) in [6, 6.07) is 2.53. The summed E-state index contributed by atoms with van der Waals surface area (Å²) in [4.78, 5) is 9.72. The Morgan fingerprint density at radius 2 is 2.04 bits per heavy atom. The molecule has 0 aliphatic carbocycles. The lowest BCUT2D eigenvalue weighted by molar-refractivity contribution is 0.0302. The number of rotatable bonds is 2. The molecule has 7 nitrogen and oxygen atoms in total. The van der Waals surface area contributed by atoms with Crippen molar-refractivity contribution in [3.63, 3.8) is 0 Å². The molecule has 2 bridgehead atoms. The highest BCUT2D eigenvalue weighted by Crippen LogP contribution is 2.32. The first-order valence-electron chi connectivity index (χ1n) is 8.98. The van der Waals surface area contributed by atoms with Crippen molar-refractivity contribution in [3.8, 4) is 0 Å². The van der Waals surface area contributed by atoms with Gasteiger partial charge in [0.25, 0.3) is 0 Å². The molecular formula is C17H22IN5O2. The zero-order chi connectivity index (χ0) is 17.0. The van der Waals surface area contributed by atoms with Gasteiger partial charge in [0, 0.05) is 25.7 Å². The molecule has 0 aromatic carbocycles. The lowest BCUT2D eigenvalue weighted by Crippen LogP contribution is -2.45. The first-order valence-corrected chi connectivity index (χ1v) is 10.1. The third kappa shape index (κ3) is 2.78. The van der Waals surface area contributed by atoms with Gasteiger partial charge in [0.05, 0.1) is 41.2 Å². The number of fused-ring (bicyclic) bond motifs is 3. The van der Waals surface area contributed by atoms with E-state index in [4.69, 9.17) is 14.5 Å². The molecule has 3 saturated heterocycles. The van der Waals surface area contributed by atoms with Gasteiger partial charge in [-0.15, -0.1) is 0 Å². The van der Waals surface area contributed by atoms with Crippen molar-refractivity contribution in [1.82, 2.24) is 14.6 Å². The Morgan fingerprint density at radius 1 is 1.24 bits per heavy atom. The van der Waals surface area contributed by atoms with Crippen LogP contribution in [0.5, 0.6) is 0 Å². The van der Waals surface area contributed by atoms with Crippen LogP contribution in [-0.2, 0) is 9.47 Å². The molecule has 0 amide bonds. The van der Waals surface area contributed by atoms with Crippen LogP contribution in [0.4, 0.5) is 11.6 Å². The van der Waals surface area contributed by atoms with Crippen molar-refractivity contribution in [2.75, 3.05) is 42.6 Å². The van der Waals surface area contributed by atoms with Crippen molar-refractivity contribution in [2.45, 2.75) is 38.0 Å². The van der Waals surface area contributed by atoms with Crippen LogP contribution in [-0.4, -0.2) is 65.7 Å². The minimum absolute atomic E-state index is 0.329. The fourth-order valence-corrected chi connectivity index (χ4v) is 4.62. The minimum atomic E-state index is 0.329. The summed E-state index contributed by atoms with van der Waals surface area (Å²) in [6.45, 7) is 6.45. The third-order valence-corrected chi connectivity index (χ3v) is 6.19. The van der Waals surface area contributed by atoms with Gasteiger partial charge in [0.15, 0.2) is 5.65 Å². The number of halogens is 1. The lowest BCUT2D eigenvalue weighted by Gasteiger charge is -2.37. The first-order chi connectivity index (χ1) is 12.2. The fraction of sp³-hybridized carbons (Fsp3) is 0.647. The molecule has 2 unspecified atom stereocenters. The summed E-state index contributed by atoms with van der Waals surface area (Å²) in [5.41, 5.74) is 0.936. The largest absolute Gasteiger partial charge is 0.377 e. The lowest BCUT2D eigenvalue weighted by atomic mass is 10.2. The second kappa shape index (κ2) is 6.24. The second-order valence-corrected chi connectivity index (χ2v) is 8.34. The average Bonchev–Trinajstić information content (AvgIpc) is 3.17. The van der Waals surface area contributed by atoms with E-state index in [2.05, 4.69) is 50.5 Å². The predicted molar refractivity (Wildman–Crippen MR) is 103 cm³/mol. The van der Waals surface area contributed by atoms with E-state index < -0.39 is 0 Å². The Balaban J connectivity index is 1.58. The van der Waals surface area contributed by atoms with Gasteiger partial charge in [-0.25, -0.2) is 4.98 Å². The SMILES string of the molecule is C[C@@H]1COCCN1c1cc(N2CC3CCC(C2)O3)nc2c(I)cnn12. The predicted octanol–water partition coefficient (Wildman–Crippen LogP) is 1.93. The van der Waals surface area contributed by atoms with Gasteiger partial charge in [-0.3, -0.25) is 0 Å². The van der Waals surface area contributed by atoms with Gasteiger partial charge < -0.3 is 19.3 Å². The standard InChI is InChI=1S/C17H22IN5O2/c1-11-10-24-5-4-22(11)16-6-15(20-17-14(18)7-19-23(16)17)21-8-12-2-3-13(9-21)25-12/h6-7,11-13H,2-5,8-10H2,1H3/t11-,12?,13?/m1/s1. The maximum absolute atomic E-state index is 5.99. The van der Waals surface area contributed by atoms with E-state index in [1.807, 2.05) is 10.7 Å². The molecule has 3 aliphatic heterocycles. The van der Waals surface area contributed by atoms with Crippen LogP contribution in [0.2, 0.25) is 0 Å². The van der Waals surface area contributed by atoms with Gasteiger partial charge in [-0.2, -0.15) is 9.61 Å². The Labute approximate surface area is 160 Å². The number of morpholine rings is 2. The highest BCUT2D eigenvalue weighted by molar-refractivity contribution is 14.1. The maximum atomic E-state index is 5.99. The quantitative estimate of drug-likeness (QED) is 0.646. The van der Waals surface area contributed by atoms with Crippen LogP contribution in [0, 0.1) is 3.57 Å². The number of nitrogens with zero attached hydrogens (tertiary/aromatic N) is 5. The average molecular weight is 455 g/mol. The van der Waals surface area contributed by atoms with Crippen molar-refractivity contribution in [2.24, 2.45) is 0 Å². The summed E-state index contributed by atoms with van der Waals surface area (Å²) in [5.74, 6) is 2.15. The smallest absolute Gasteiger partial charge is 0.173 e. The molecule has 2 aromatic heterocycles. The topological polar surface area (TPSA) is 55.1 Å². The Bertz CT molecular complexity index is 785. The number of hydrogen-bond donors (Lipinski definition) is 0. The number of aromatic nitrogens is 3. The van der Waals surface area contributed by atoms with Crippen LogP contribution in [0.25, 0.3) is 5.65 Å². The van der Waals surface area contributed by atoms with Gasteiger partial charge in [0.2, 0.25) is 0 Å². The fourth-order valence-electron chi connectivity index (χ4n) is 4.14. The van der Waals surface area contributed by atoms with Crippen LogP contribution in [0.1, 0.15) is 19.8 Å². The zero-order valence-electron chi connectivity index (χ0n) is 14.3. The third-order valence-electron chi connectivity index (χ3n) is 5.43. The summed E-state index contributed by atoms with van der Waals surface area (Å²) < 4.78 is 14.7. The van der Waals surface area contributed by atoms with Crippen LogP contribution >= 0.6 is 22.6 Å². The molecule has 3 fully saturated rings. The van der Waals surface area contributed by atoms with Crippen LogP contribution < -0.4 is 9.80 Å². The molecule has 5 heterocycles.